The van der Waals surface area contributed by atoms with E-state index in [0.29, 0.717) is 5.56 Å². The number of hydrogen-bond acceptors (Lipinski definition) is 4. The average molecular weight is 314 g/mol. The number of amides is 1. The van der Waals surface area contributed by atoms with Crippen molar-refractivity contribution in [3.05, 3.63) is 78.6 Å². The summed E-state index contributed by atoms with van der Waals surface area (Å²) >= 11 is 0. The first-order valence-corrected chi connectivity index (χ1v) is 7.56. The third kappa shape index (κ3) is 2.63. The Morgan fingerprint density at radius 3 is 2.67 bits per heavy atom. The lowest BCUT2D eigenvalue weighted by molar-refractivity contribution is 0.0963. The summed E-state index contributed by atoms with van der Waals surface area (Å²) in [7, 11) is 0. The lowest BCUT2D eigenvalue weighted by Crippen LogP contribution is -2.29. The normalized spacial score (nSPS) is 10.7. The first kappa shape index (κ1) is 14.1. The Morgan fingerprint density at radius 2 is 1.71 bits per heavy atom. The van der Waals surface area contributed by atoms with Crippen LogP contribution in [0.5, 0.6) is 0 Å². The summed E-state index contributed by atoms with van der Waals surface area (Å²) < 4.78 is 0. The van der Waals surface area contributed by atoms with Crippen LogP contribution in [0.1, 0.15) is 10.4 Å². The predicted octanol–water partition coefficient (Wildman–Crippen LogP) is 3.54. The summed E-state index contributed by atoms with van der Waals surface area (Å²) in [6, 6.07) is 18.8. The van der Waals surface area contributed by atoms with E-state index in [1.165, 1.54) is 0 Å². The quantitative estimate of drug-likeness (QED) is 0.568. The van der Waals surface area contributed by atoms with Crippen molar-refractivity contribution in [1.82, 2.24) is 15.4 Å². The summed E-state index contributed by atoms with van der Waals surface area (Å²) in [6.07, 6.45) is 3.44. The van der Waals surface area contributed by atoms with Crippen LogP contribution in [-0.2, 0) is 0 Å². The second kappa shape index (κ2) is 5.96. The molecule has 0 saturated carbocycles. The molecule has 2 N–H and O–H groups in total. The molecule has 0 fully saturated rings. The van der Waals surface area contributed by atoms with Gasteiger partial charge >= 0.3 is 0 Å². The van der Waals surface area contributed by atoms with E-state index in [2.05, 4.69) is 20.8 Å². The Morgan fingerprint density at radius 1 is 0.833 bits per heavy atom. The molecule has 2 heterocycles. The summed E-state index contributed by atoms with van der Waals surface area (Å²) in [6.45, 7) is 0. The first-order chi connectivity index (χ1) is 11.8. The SMILES string of the molecule is O=C(NNc1ccnc2ccccc12)c1ccc2ncccc2c1. The molecule has 116 valence electrons. The van der Waals surface area contributed by atoms with Crippen LogP contribution >= 0.6 is 0 Å². The number of carbonyl (C=O) groups is 1. The second-order valence-corrected chi connectivity index (χ2v) is 5.37. The minimum Gasteiger partial charge on any atom is -0.298 e. The van der Waals surface area contributed by atoms with Gasteiger partial charge in [0.2, 0.25) is 0 Å². The zero-order valence-electron chi connectivity index (χ0n) is 12.7. The number of nitrogens with zero attached hydrogens (tertiary/aromatic N) is 2. The van der Waals surface area contributed by atoms with Gasteiger partial charge in [0.25, 0.3) is 5.91 Å². The highest BCUT2D eigenvalue weighted by Crippen LogP contribution is 2.20. The Kier molecular flexibility index (Phi) is 3.51. The second-order valence-electron chi connectivity index (χ2n) is 5.37. The smallest absolute Gasteiger partial charge is 0.269 e. The van der Waals surface area contributed by atoms with Gasteiger partial charge in [0.05, 0.1) is 16.7 Å². The van der Waals surface area contributed by atoms with Gasteiger partial charge in [-0.25, -0.2) is 0 Å². The maximum Gasteiger partial charge on any atom is 0.269 e. The lowest BCUT2D eigenvalue weighted by atomic mass is 10.1. The topological polar surface area (TPSA) is 66.9 Å². The van der Waals surface area contributed by atoms with Crippen LogP contribution in [0.25, 0.3) is 21.8 Å². The van der Waals surface area contributed by atoms with Crippen molar-refractivity contribution in [2.45, 2.75) is 0 Å². The number of hydrazine groups is 1. The van der Waals surface area contributed by atoms with Crippen molar-refractivity contribution in [2.75, 3.05) is 5.43 Å². The molecule has 0 aliphatic rings. The summed E-state index contributed by atoms with van der Waals surface area (Å²) in [5.41, 5.74) is 8.82. The van der Waals surface area contributed by atoms with Crippen LogP contribution in [-0.4, -0.2) is 15.9 Å². The molecule has 0 unspecified atom stereocenters. The molecule has 0 bridgehead atoms. The Balaban J connectivity index is 1.57. The molecule has 0 saturated heterocycles. The molecular weight excluding hydrogens is 300 g/mol. The number of pyridine rings is 2. The molecule has 5 nitrogen and oxygen atoms in total. The maximum atomic E-state index is 12.4. The molecule has 5 heteroatoms. The third-order valence-electron chi connectivity index (χ3n) is 3.82. The highest BCUT2D eigenvalue weighted by Gasteiger charge is 2.07. The average Bonchev–Trinajstić information content (AvgIpc) is 2.65. The van der Waals surface area contributed by atoms with E-state index in [1.807, 2.05) is 54.6 Å². The van der Waals surface area contributed by atoms with E-state index < -0.39 is 0 Å². The molecule has 0 spiro atoms. The number of aromatic nitrogens is 2. The summed E-state index contributed by atoms with van der Waals surface area (Å²) in [5.74, 6) is -0.207. The minimum absolute atomic E-state index is 0.207. The van der Waals surface area contributed by atoms with Crippen LogP contribution in [0.4, 0.5) is 5.69 Å². The van der Waals surface area contributed by atoms with Gasteiger partial charge in [-0.15, -0.1) is 0 Å². The van der Waals surface area contributed by atoms with Crippen molar-refractivity contribution >= 4 is 33.4 Å². The maximum absolute atomic E-state index is 12.4. The van der Waals surface area contributed by atoms with Crippen molar-refractivity contribution < 1.29 is 4.79 Å². The van der Waals surface area contributed by atoms with Crippen LogP contribution in [0, 0.1) is 0 Å². The van der Waals surface area contributed by atoms with Crippen molar-refractivity contribution in [3.8, 4) is 0 Å². The van der Waals surface area contributed by atoms with Crippen LogP contribution in [0.2, 0.25) is 0 Å². The number of fused-ring (bicyclic) bond motifs is 2. The van der Waals surface area contributed by atoms with Crippen molar-refractivity contribution in [2.24, 2.45) is 0 Å². The third-order valence-corrected chi connectivity index (χ3v) is 3.82. The molecule has 2 aromatic carbocycles. The van der Waals surface area contributed by atoms with E-state index >= 15 is 0 Å². The lowest BCUT2D eigenvalue weighted by Gasteiger charge is -2.11. The molecule has 24 heavy (non-hydrogen) atoms. The van der Waals surface area contributed by atoms with E-state index in [4.69, 9.17) is 0 Å². The van der Waals surface area contributed by atoms with Gasteiger partial charge in [0, 0.05) is 28.7 Å². The largest absolute Gasteiger partial charge is 0.298 e. The number of benzene rings is 2. The summed E-state index contributed by atoms with van der Waals surface area (Å²) in [4.78, 5) is 20.9. The molecule has 4 aromatic rings. The first-order valence-electron chi connectivity index (χ1n) is 7.56. The van der Waals surface area contributed by atoms with Crippen LogP contribution in [0.15, 0.2) is 73.1 Å². The Bertz CT molecular complexity index is 1040. The Hall–Kier alpha value is -3.47. The van der Waals surface area contributed by atoms with E-state index in [0.717, 1.165) is 27.5 Å². The molecular formula is C19H14N4O. The molecule has 4 rings (SSSR count). The van der Waals surface area contributed by atoms with Gasteiger partial charge in [0.1, 0.15) is 0 Å². The number of nitrogens with one attached hydrogen (secondary N) is 2. The molecule has 2 aromatic heterocycles. The Labute approximate surface area is 138 Å². The standard InChI is InChI=1S/C19H14N4O/c24-19(14-7-8-16-13(12-14)4-3-10-20-16)23-22-18-9-11-21-17-6-2-1-5-15(17)18/h1-12H,(H,21,22)(H,23,24). The molecule has 1 amide bonds. The predicted molar refractivity (Wildman–Crippen MR) is 94.6 cm³/mol. The zero-order valence-corrected chi connectivity index (χ0v) is 12.7. The van der Waals surface area contributed by atoms with Gasteiger partial charge in [-0.2, -0.15) is 0 Å². The van der Waals surface area contributed by atoms with Gasteiger partial charge in [-0.1, -0.05) is 24.3 Å². The highest BCUT2D eigenvalue weighted by molar-refractivity contribution is 5.99. The van der Waals surface area contributed by atoms with Gasteiger partial charge in [-0.05, 0) is 36.4 Å². The van der Waals surface area contributed by atoms with Gasteiger partial charge < -0.3 is 0 Å². The fraction of sp³-hybridized carbons (Fsp3) is 0. The van der Waals surface area contributed by atoms with E-state index in [-0.39, 0.29) is 5.91 Å². The van der Waals surface area contributed by atoms with Crippen LogP contribution < -0.4 is 10.9 Å². The van der Waals surface area contributed by atoms with Crippen molar-refractivity contribution in [3.63, 3.8) is 0 Å². The van der Waals surface area contributed by atoms with Crippen LogP contribution in [0.3, 0.4) is 0 Å². The minimum atomic E-state index is -0.207. The van der Waals surface area contributed by atoms with Crippen molar-refractivity contribution in [1.29, 1.82) is 0 Å². The zero-order chi connectivity index (χ0) is 16.4. The number of hydrogen-bond donors (Lipinski definition) is 2. The monoisotopic (exact) mass is 314 g/mol. The fourth-order valence-electron chi connectivity index (χ4n) is 2.62. The molecule has 0 aliphatic carbocycles. The molecule has 0 aliphatic heterocycles. The van der Waals surface area contributed by atoms with Gasteiger partial charge in [0.15, 0.2) is 0 Å². The highest BCUT2D eigenvalue weighted by atomic mass is 16.2. The molecule has 0 radical (unpaired) electrons. The number of rotatable bonds is 3. The number of para-hydroxylation sites is 1. The summed E-state index contributed by atoms with van der Waals surface area (Å²) in [5, 5.41) is 1.88. The van der Waals surface area contributed by atoms with E-state index in [1.54, 1.807) is 18.5 Å². The number of carbonyl (C=O) groups excluding carboxylic acids is 1. The number of anilines is 1. The fourth-order valence-corrected chi connectivity index (χ4v) is 2.62. The van der Waals surface area contributed by atoms with E-state index in [9.17, 15) is 4.79 Å². The molecule has 0 atom stereocenters. The van der Waals surface area contributed by atoms with Gasteiger partial charge in [-0.3, -0.25) is 25.6 Å².